The molecule has 2 heterocycles. The van der Waals surface area contributed by atoms with Crippen LogP contribution in [-0.2, 0) is 0 Å². The number of piperidine rings is 1. The van der Waals surface area contributed by atoms with Crippen LogP contribution in [0, 0.1) is 0 Å². The van der Waals surface area contributed by atoms with Gasteiger partial charge in [-0.25, -0.2) is 0 Å². The number of hydrogen-bond donors (Lipinski definition) is 2. The molecular formula is C16H20N4OS. The van der Waals surface area contributed by atoms with Crippen LogP contribution in [0.1, 0.15) is 31.0 Å². The Labute approximate surface area is 135 Å². The number of nitrogens with two attached hydrogens (primary N) is 1. The van der Waals surface area contributed by atoms with Crippen molar-refractivity contribution in [1.29, 1.82) is 0 Å². The SMILES string of the molecule is CNC(=S)N1CCCCC1c1cc(-c2cccc(N)c2)on1. The molecule has 5 nitrogen and oxygen atoms in total. The Balaban J connectivity index is 1.87. The minimum atomic E-state index is 0.173. The average molecular weight is 316 g/mol. The lowest BCUT2D eigenvalue weighted by Crippen LogP contribution is -2.43. The van der Waals surface area contributed by atoms with E-state index >= 15 is 0 Å². The fourth-order valence-corrected chi connectivity index (χ4v) is 3.12. The molecule has 1 aliphatic rings. The van der Waals surface area contributed by atoms with Crippen molar-refractivity contribution in [1.82, 2.24) is 15.4 Å². The van der Waals surface area contributed by atoms with Gasteiger partial charge in [-0.3, -0.25) is 0 Å². The van der Waals surface area contributed by atoms with Crippen molar-refractivity contribution in [2.24, 2.45) is 0 Å². The monoisotopic (exact) mass is 316 g/mol. The Morgan fingerprint density at radius 3 is 3.05 bits per heavy atom. The zero-order chi connectivity index (χ0) is 15.5. The van der Waals surface area contributed by atoms with E-state index in [4.69, 9.17) is 22.5 Å². The first-order valence-corrected chi connectivity index (χ1v) is 7.91. The molecule has 1 aromatic carbocycles. The van der Waals surface area contributed by atoms with Crippen molar-refractivity contribution < 1.29 is 4.52 Å². The van der Waals surface area contributed by atoms with Crippen molar-refractivity contribution in [3.63, 3.8) is 0 Å². The summed E-state index contributed by atoms with van der Waals surface area (Å²) in [5.41, 5.74) is 8.41. The predicted octanol–water partition coefficient (Wildman–Crippen LogP) is 2.96. The summed E-state index contributed by atoms with van der Waals surface area (Å²) in [7, 11) is 1.86. The van der Waals surface area contributed by atoms with E-state index in [1.54, 1.807) is 0 Å². The number of nitrogen functional groups attached to an aromatic ring is 1. The summed E-state index contributed by atoms with van der Waals surface area (Å²) >= 11 is 5.41. The van der Waals surface area contributed by atoms with E-state index in [-0.39, 0.29) is 6.04 Å². The van der Waals surface area contributed by atoms with E-state index in [2.05, 4.69) is 15.4 Å². The molecule has 2 aromatic rings. The number of aromatic nitrogens is 1. The molecule has 22 heavy (non-hydrogen) atoms. The summed E-state index contributed by atoms with van der Waals surface area (Å²) < 4.78 is 5.52. The van der Waals surface area contributed by atoms with Crippen molar-refractivity contribution in [3.05, 3.63) is 36.0 Å². The van der Waals surface area contributed by atoms with Gasteiger partial charge in [0.15, 0.2) is 10.9 Å². The van der Waals surface area contributed by atoms with E-state index in [1.165, 1.54) is 6.42 Å². The van der Waals surface area contributed by atoms with Gasteiger partial charge in [0.25, 0.3) is 0 Å². The van der Waals surface area contributed by atoms with Crippen molar-refractivity contribution in [2.45, 2.75) is 25.3 Å². The highest BCUT2D eigenvalue weighted by Gasteiger charge is 2.28. The number of benzene rings is 1. The topological polar surface area (TPSA) is 67.3 Å². The van der Waals surface area contributed by atoms with Gasteiger partial charge in [-0.15, -0.1) is 0 Å². The first-order valence-electron chi connectivity index (χ1n) is 7.50. The number of anilines is 1. The number of hydrogen-bond acceptors (Lipinski definition) is 4. The van der Waals surface area contributed by atoms with Gasteiger partial charge in [0.05, 0.1) is 6.04 Å². The maximum atomic E-state index is 5.83. The Hall–Kier alpha value is -2.08. The van der Waals surface area contributed by atoms with Gasteiger partial charge in [0, 0.05) is 30.9 Å². The minimum absolute atomic E-state index is 0.173. The van der Waals surface area contributed by atoms with E-state index < -0.39 is 0 Å². The normalized spacial score (nSPS) is 18.2. The maximum Gasteiger partial charge on any atom is 0.169 e. The number of likely N-dealkylation sites (tertiary alicyclic amines) is 1. The molecule has 1 saturated heterocycles. The third-order valence-electron chi connectivity index (χ3n) is 4.02. The van der Waals surface area contributed by atoms with Crippen LogP contribution >= 0.6 is 12.2 Å². The Bertz CT molecular complexity index is 670. The zero-order valence-electron chi connectivity index (χ0n) is 12.6. The lowest BCUT2D eigenvalue weighted by molar-refractivity contribution is 0.231. The fraction of sp³-hybridized carbons (Fsp3) is 0.375. The third-order valence-corrected chi connectivity index (χ3v) is 4.46. The average Bonchev–Trinajstić information content (AvgIpc) is 3.04. The first-order chi connectivity index (χ1) is 10.7. The van der Waals surface area contributed by atoms with Crippen LogP contribution in [0.5, 0.6) is 0 Å². The largest absolute Gasteiger partial charge is 0.399 e. The molecule has 0 saturated carbocycles. The summed E-state index contributed by atoms with van der Waals surface area (Å²) in [6, 6.07) is 9.80. The lowest BCUT2D eigenvalue weighted by atomic mass is 9.99. The van der Waals surface area contributed by atoms with Crippen LogP contribution in [0.2, 0.25) is 0 Å². The lowest BCUT2D eigenvalue weighted by Gasteiger charge is -2.36. The van der Waals surface area contributed by atoms with E-state index in [1.807, 2.05) is 37.4 Å². The van der Waals surface area contributed by atoms with Gasteiger partial charge in [-0.1, -0.05) is 17.3 Å². The highest BCUT2D eigenvalue weighted by Crippen LogP contribution is 2.33. The second-order valence-corrected chi connectivity index (χ2v) is 5.89. The molecule has 0 amide bonds. The molecule has 0 spiro atoms. The van der Waals surface area contributed by atoms with Crippen molar-refractivity contribution in [2.75, 3.05) is 19.3 Å². The molecule has 1 unspecified atom stereocenters. The Morgan fingerprint density at radius 2 is 2.27 bits per heavy atom. The minimum Gasteiger partial charge on any atom is -0.399 e. The second-order valence-electron chi connectivity index (χ2n) is 5.50. The summed E-state index contributed by atoms with van der Waals surface area (Å²) in [6.07, 6.45) is 3.36. The van der Waals surface area contributed by atoms with E-state index in [0.717, 1.165) is 41.5 Å². The Kier molecular flexibility index (Phi) is 4.29. The molecule has 0 aliphatic carbocycles. The number of rotatable bonds is 2. The number of nitrogens with one attached hydrogen (secondary N) is 1. The molecule has 1 fully saturated rings. The quantitative estimate of drug-likeness (QED) is 0.656. The van der Waals surface area contributed by atoms with Crippen LogP contribution in [0.4, 0.5) is 5.69 Å². The van der Waals surface area contributed by atoms with Crippen molar-refractivity contribution in [3.8, 4) is 11.3 Å². The number of thiocarbonyl (C=S) groups is 1. The van der Waals surface area contributed by atoms with Gasteiger partial charge >= 0.3 is 0 Å². The molecule has 116 valence electrons. The van der Waals surface area contributed by atoms with Crippen LogP contribution in [0.25, 0.3) is 11.3 Å². The smallest absolute Gasteiger partial charge is 0.169 e. The predicted molar refractivity (Wildman–Crippen MR) is 91.3 cm³/mol. The second kappa shape index (κ2) is 6.36. The molecule has 0 radical (unpaired) electrons. The highest BCUT2D eigenvalue weighted by atomic mass is 32.1. The van der Waals surface area contributed by atoms with Gasteiger partial charge in [-0.05, 0) is 43.6 Å². The van der Waals surface area contributed by atoms with Crippen LogP contribution in [-0.4, -0.2) is 28.8 Å². The zero-order valence-corrected chi connectivity index (χ0v) is 13.4. The summed E-state index contributed by atoms with van der Waals surface area (Å²) in [5, 5.41) is 8.09. The van der Waals surface area contributed by atoms with Gasteiger partial charge in [-0.2, -0.15) is 0 Å². The van der Waals surface area contributed by atoms with Gasteiger partial charge in [0.1, 0.15) is 5.69 Å². The maximum absolute atomic E-state index is 5.83. The standard InChI is InChI=1S/C16H20N4OS/c1-18-16(22)20-8-3-2-7-14(20)13-10-15(21-19-13)11-5-4-6-12(17)9-11/h4-6,9-10,14H,2-3,7-8,17H2,1H3,(H,18,22). The molecule has 1 aliphatic heterocycles. The first kappa shape index (κ1) is 14.8. The van der Waals surface area contributed by atoms with Crippen LogP contribution in [0.3, 0.4) is 0 Å². The summed E-state index contributed by atoms with van der Waals surface area (Å²) in [5.74, 6) is 0.739. The molecule has 1 atom stereocenters. The van der Waals surface area contributed by atoms with Crippen molar-refractivity contribution >= 4 is 23.0 Å². The summed E-state index contributed by atoms with van der Waals surface area (Å²) in [6.45, 7) is 0.949. The molecule has 3 N–H and O–H groups in total. The summed E-state index contributed by atoms with van der Waals surface area (Å²) in [4.78, 5) is 2.19. The molecule has 1 aromatic heterocycles. The fourth-order valence-electron chi connectivity index (χ4n) is 2.90. The van der Waals surface area contributed by atoms with Crippen LogP contribution < -0.4 is 11.1 Å². The van der Waals surface area contributed by atoms with Gasteiger partial charge in [0.2, 0.25) is 0 Å². The number of nitrogens with zero attached hydrogens (tertiary/aromatic N) is 2. The van der Waals surface area contributed by atoms with Crippen LogP contribution in [0.15, 0.2) is 34.9 Å². The van der Waals surface area contributed by atoms with E-state index in [0.29, 0.717) is 5.69 Å². The van der Waals surface area contributed by atoms with Gasteiger partial charge < -0.3 is 20.5 Å². The van der Waals surface area contributed by atoms with E-state index in [9.17, 15) is 0 Å². The Morgan fingerprint density at radius 1 is 1.41 bits per heavy atom. The molecule has 6 heteroatoms. The molecular weight excluding hydrogens is 296 g/mol. The third kappa shape index (κ3) is 2.92. The molecule has 3 rings (SSSR count). The molecule has 0 bridgehead atoms. The highest BCUT2D eigenvalue weighted by molar-refractivity contribution is 7.80.